The fourth-order valence-electron chi connectivity index (χ4n) is 2.09. The van der Waals surface area contributed by atoms with Crippen molar-refractivity contribution in [3.05, 3.63) is 24.3 Å². The molecule has 1 saturated carbocycles. The second-order valence-electron chi connectivity index (χ2n) is 4.13. The lowest BCUT2D eigenvalue weighted by molar-refractivity contribution is 0.181. The van der Waals surface area contributed by atoms with E-state index < -0.39 is 0 Å². The molecule has 16 heavy (non-hydrogen) atoms. The van der Waals surface area contributed by atoms with Gasteiger partial charge < -0.3 is 15.2 Å². The zero-order valence-electron chi connectivity index (χ0n) is 9.69. The van der Waals surface area contributed by atoms with Crippen LogP contribution in [0, 0.1) is 0 Å². The van der Waals surface area contributed by atoms with Crippen LogP contribution < -0.4 is 15.2 Å². The first-order chi connectivity index (χ1) is 7.81. The first-order valence-corrected chi connectivity index (χ1v) is 5.95. The van der Waals surface area contributed by atoms with Crippen LogP contribution >= 0.6 is 0 Å². The Balaban J connectivity index is 2.07. The third-order valence-electron chi connectivity index (χ3n) is 2.93. The maximum atomic E-state index is 5.99. The molecule has 0 aliphatic heterocycles. The molecule has 1 aromatic carbocycles. The summed E-state index contributed by atoms with van der Waals surface area (Å²) in [5.74, 6) is 1.62. The normalized spacial score (nSPS) is 24.4. The number of hydrogen-bond donors (Lipinski definition) is 1. The highest BCUT2D eigenvalue weighted by Gasteiger charge is 2.26. The van der Waals surface area contributed by atoms with Gasteiger partial charge in [0.15, 0.2) is 11.5 Å². The zero-order valence-corrected chi connectivity index (χ0v) is 9.69. The molecule has 0 amide bonds. The van der Waals surface area contributed by atoms with Crippen LogP contribution in [-0.4, -0.2) is 18.8 Å². The van der Waals surface area contributed by atoms with E-state index in [9.17, 15) is 0 Å². The molecule has 2 atom stereocenters. The van der Waals surface area contributed by atoms with Crippen molar-refractivity contribution in [2.24, 2.45) is 5.73 Å². The Hall–Kier alpha value is -1.22. The average Bonchev–Trinajstić information content (AvgIpc) is 2.68. The second-order valence-corrected chi connectivity index (χ2v) is 4.13. The minimum absolute atomic E-state index is 0.140. The number of benzene rings is 1. The molecule has 0 spiro atoms. The van der Waals surface area contributed by atoms with Crippen molar-refractivity contribution in [3.63, 3.8) is 0 Å². The third-order valence-corrected chi connectivity index (χ3v) is 2.93. The van der Waals surface area contributed by atoms with E-state index in [0.29, 0.717) is 6.61 Å². The zero-order chi connectivity index (χ0) is 11.4. The molecule has 1 aliphatic rings. The van der Waals surface area contributed by atoms with Crippen molar-refractivity contribution in [2.45, 2.75) is 38.3 Å². The van der Waals surface area contributed by atoms with Crippen LogP contribution in [0.5, 0.6) is 11.5 Å². The maximum Gasteiger partial charge on any atom is 0.161 e. The van der Waals surface area contributed by atoms with Crippen LogP contribution in [0.15, 0.2) is 24.3 Å². The average molecular weight is 221 g/mol. The van der Waals surface area contributed by atoms with E-state index in [0.717, 1.165) is 30.8 Å². The Morgan fingerprint density at radius 1 is 1.25 bits per heavy atom. The van der Waals surface area contributed by atoms with Gasteiger partial charge in [0.05, 0.1) is 6.61 Å². The van der Waals surface area contributed by atoms with Crippen LogP contribution in [0.4, 0.5) is 0 Å². The molecule has 0 radical (unpaired) electrons. The van der Waals surface area contributed by atoms with E-state index in [-0.39, 0.29) is 12.1 Å². The number of ether oxygens (including phenoxy) is 2. The van der Waals surface area contributed by atoms with E-state index in [1.807, 2.05) is 31.2 Å². The van der Waals surface area contributed by atoms with Gasteiger partial charge in [-0.25, -0.2) is 0 Å². The summed E-state index contributed by atoms with van der Waals surface area (Å²) in [6.07, 6.45) is 3.40. The highest BCUT2D eigenvalue weighted by molar-refractivity contribution is 5.39. The Labute approximate surface area is 96.5 Å². The summed E-state index contributed by atoms with van der Waals surface area (Å²) < 4.78 is 11.4. The number of hydrogen-bond acceptors (Lipinski definition) is 3. The van der Waals surface area contributed by atoms with E-state index >= 15 is 0 Å². The Morgan fingerprint density at radius 2 is 2.00 bits per heavy atom. The molecular weight excluding hydrogens is 202 g/mol. The van der Waals surface area contributed by atoms with Gasteiger partial charge in [0.2, 0.25) is 0 Å². The molecule has 0 unspecified atom stereocenters. The smallest absolute Gasteiger partial charge is 0.161 e. The lowest BCUT2D eigenvalue weighted by atomic mass is 10.2. The van der Waals surface area contributed by atoms with E-state index in [1.54, 1.807) is 0 Å². The maximum absolute atomic E-state index is 5.99. The van der Waals surface area contributed by atoms with Crippen molar-refractivity contribution in [1.82, 2.24) is 0 Å². The molecule has 0 bridgehead atoms. The van der Waals surface area contributed by atoms with Crippen molar-refractivity contribution in [1.29, 1.82) is 0 Å². The molecule has 1 aliphatic carbocycles. The molecule has 3 heteroatoms. The van der Waals surface area contributed by atoms with Crippen LogP contribution in [0.2, 0.25) is 0 Å². The van der Waals surface area contributed by atoms with Gasteiger partial charge >= 0.3 is 0 Å². The monoisotopic (exact) mass is 221 g/mol. The quantitative estimate of drug-likeness (QED) is 0.848. The van der Waals surface area contributed by atoms with Crippen LogP contribution in [0.3, 0.4) is 0 Å². The Bertz CT molecular complexity index is 340. The molecular formula is C13H19NO2. The Kier molecular flexibility index (Phi) is 3.67. The molecule has 2 N–H and O–H groups in total. The fourth-order valence-corrected chi connectivity index (χ4v) is 2.09. The largest absolute Gasteiger partial charge is 0.490 e. The molecule has 1 aromatic rings. The van der Waals surface area contributed by atoms with Crippen LogP contribution in [0.25, 0.3) is 0 Å². The molecule has 1 fully saturated rings. The summed E-state index contributed by atoms with van der Waals surface area (Å²) in [5.41, 5.74) is 5.99. The van der Waals surface area contributed by atoms with Gasteiger partial charge in [0, 0.05) is 6.04 Å². The molecule has 0 heterocycles. The number of para-hydroxylation sites is 2. The van der Waals surface area contributed by atoms with Crippen molar-refractivity contribution in [2.75, 3.05) is 6.61 Å². The van der Waals surface area contributed by atoms with Gasteiger partial charge in [-0.1, -0.05) is 12.1 Å². The molecule has 0 saturated heterocycles. The summed E-state index contributed by atoms with van der Waals surface area (Å²) in [5, 5.41) is 0. The standard InChI is InChI=1S/C13H19NO2/c1-2-15-12-7-3-4-8-13(12)16-11-9-5-6-10(11)14/h3-4,7-8,10-11H,2,5-6,9,14H2,1H3/t10-,11-/m1/s1. The molecule has 2 rings (SSSR count). The Morgan fingerprint density at radius 3 is 2.62 bits per heavy atom. The molecule has 0 aromatic heterocycles. The SMILES string of the molecule is CCOc1ccccc1O[C@@H]1CCC[C@H]1N. The van der Waals surface area contributed by atoms with Crippen molar-refractivity contribution >= 4 is 0 Å². The summed E-state index contributed by atoms with van der Waals surface area (Å²) >= 11 is 0. The van der Waals surface area contributed by atoms with Crippen molar-refractivity contribution in [3.8, 4) is 11.5 Å². The van der Waals surface area contributed by atoms with Crippen LogP contribution in [0.1, 0.15) is 26.2 Å². The molecule has 3 nitrogen and oxygen atoms in total. The first kappa shape index (κ1) is 11.3. The van der Waals surface area contributed by atoms with Crippen molar-refractivity contribution < 1.29 is 9.47 Å². The predicted octanol–water partition coefficient (Wildman–Crippen LogP) is 2.34. The highest BCUT2D eigenvalue weighted by Crippen LogP contribution is 2.30. The lowest BCUT2D eigenvalue weighted by Gasteiger charge is -2.19. The topological polar surface area (TPSA) is 44.5 Å². The minimum Gasteiger partial charge on any atom is -0.490 e. The summed E-state index contributed by atoms with van der Waals surface area (Å²) in [6, 6.07) is 7.94. The third kappa shape index (κ3) is 2.47. The second kappa shape index (κ2) is 5.21. The molecule has 88 valence electrons. The van der Waals surface area contributed by atoms with E-state index in [1.165, 1.54) is 0 Å². The predicted molar refractivity (Wildman–Crippen MR) is 63.9 cm³/mol. The van der Waals surface area contributed by atoms with Gasteiger partial charge in [-0.15, -0.1) is 0 Å². The summed E-state index contributed by atoms with van der Waals surface area (Å²) in [7, 11) is 0. The fraction of sp³-hybridized carbons (Fsp3) is 0.538. The van der Waals surface area contributed by atoms with E-state index in [2.05, 4.69) is 0 Å². The van der Waals surface area contributed by atoms with Gasteiger partial charge in [-0.3, -0.25) is 0 Å². The summed E-state index contributed by atoms with van der Waals surface area (Å²) in [6.45, 7) is 2.62. The van der Waals surface area contributed by atoms with Gasteiger partial charge in [0.25, 0.3) is 0 Å². The minimum atomic E-state index is 0.140. The lowest BCUT2D eigenvalue weighted by Crippen LogP contribution is -2.33. The summed E-state index contributed by atoms with van der Waals surface area (Å²) in [4.78, 5) is 0. The van der Waals surface area contributed by atoms with E-state index in [4.69, 9.17) is 15.2 Å². The number of nitrogens with two attached hydrogens (primary N) is 1. The van der Waals surface area contributed by atoms with Gasteiger partial charge in [-0.05, 0) is 38.3 Å². The highest BCUT2D eigenvalue weighted by atomic mass is 16.5. The van der Waals surface area contributed by atoms with Gasteiger partial charge in [-0.2, -0.15) is 0 Å². The number of rotatable bonds is 4. The van der Waals surface area contributed by atoms with Crippen LogP contribution in [-0.2, 0) is 0 Å². The van der Waals surface area contributed by atoms with Gasteiger partial charge in [0.1, 0.15) is 6.10 Å². The first-order valence-electron chi connectivity index (χ1n) is 5.95.